The number of likely N-dealkylation sites (N-methyl/N-ethyl adjacent to an activating group) is 1. The number of halogens is 1. The molecule has 2 aliphatic heterocycles. The molecule has 0 spiro atoms. The van der Waals surface area contributed by atoms with Gasteiger partial charge in [-0.2, -0.15) is 0 Å². The molecule has 180 valence electrons. The van der Waals surface area contributed by atoms with Gasteiger partial charge in [0.1, 0.15) is 11.6 Å². The molecule has 2 atom stereocenters. The predicted molar refractivity (Wildman–Crippen MR) is 128 cm³/mol. The van der Waals surface area contributed by atoms with Crippen LogP contribution in [-0.2, 0) is 22.6 Å². The van der Waals surface area contributed by atoms with E-state index in [9.17, 15) is 18.8 Å². The van der Waals surface area contributed by atoms with E-state index < -0.39 is 17.8 Å². The van der Waals surface area contributed by atoms with Crippen molar-refractivity contribution >= 4 is 52.6 Å². The molecule has 0 unspecified atom stereocenters. The van der Waals surface area contributed by atoms with Crippen LogP contribution in [0.4, 0.5) is 10.2 Å². The van der Waals surface area contributed by atoms with Gasteiger partial charge in [-0.05, 0) is 25.6 Å². The van der Waals surface area contributed by atoms with Crippen molar-refractivity contribution in [2.24, 2.45) is 0 Å². The molecule has 4 heterocycles. The second kappa shape index (κ2) is 10.5. The van der Waals surface area contributed by atoms with Crippen molar-refractivity contribution in [2.75, 3.05) is 32.0 Å². The van der Waals surface area contributed by atoms with Gasteiger partial charge >= 0.3 is 0 Å². The van der Waals surface area contributed by atoms with Gasteiger partial charge in [0, 0.05) is 37.5 Å². The van der Waals surface area contributed by atoms with Gasteiger partial charge < -0.3 is 25.8 Å². The lowest BCUT2D eigenvalue weighted by molar-refractivity contribution is -0.119. The molecule has 0 radical (unpaired) electrons. The smallest absolute Gasteiger partial charge is 0.284 e. The zero-order valence-corrected chi connectivity index (χ0v) is 20.0. The second-order valence-corrected chi connectivity index (χ2v) is 9.73. The standard InChI is InChI=1S/C21H24FN7O3S2/c1-28-6-4-14-16(10-28)34-21(26-14)19(32)24-15-9-29(11-30)7-5-13(15)25-20(33)18(31)27-17-3-2-12(22)8-23-17/h2-3,8,11,13,15H,4-7,9-10H2,1H3,(H,24,32)(H,25,33)(H,23,27,31)/t13-,15+/m0/s1. The van der Waals surface area contributed by atoms with E-state index in [2.05, 4.69) is 30.8 Å². The molecule has 0 aliphatic carbocycles. The Morgan fingerprint density at radius 3 is 2.82 bits per heavy atom. The zero-order chi connectivity index (χ0) is 24.2. The van der Waals surface area contributed by atoms with Gasteiger partial charge in [0.05, 0.1) is 24.0 Å². The van der Waals surface area contributed by atoms with E-state index in [1.165, 1.54) is 23.5 Å². The molecule has 3 N–H and O–H groups in total. The number of hydrogen-bond donors (Lipinski definition) is 3. The van der Waals surface area contributed by atoms with Crippen LogP contribution in [0.1, 0.15) is 26.8 Å². The third kappa shape index (κ3) is 5.72. The highest BCUT2D eigenvalue weighted by Crippen LogP contribution is 2.24. The lowest BCUT2D eigenvalue weighted by Gasteiger charge is -2.37. The molecule has 10 nitrogen and oxygen atoms in total. The van der Waals surface area contributed by atoms with Crippen molar-refractivity contribution in [1.29, 1.82) is 0 Å². The van der Waals surface area contributed by atoms with E-state index in [4.69, 9.17) is 12.2 Å². The van der Waals surface area contributed by atoms with E-state index in [0.29, 0.717) is 18.0 Å². The molecule has 34 heavy (non-hydrogen) atoms. The van der Waals surface area contributed by atoms with E-state index in [1.807, 2.05) is 7.05 Å². The number of fused-ring (bicyclic) bond motifs is 1. The Balaban J connectivity index is 1.41. The average Bonchev–Trinajstić information content (AvgIpc) is 3.25. The van der Waals surface area contributed by atoms with Crippen LogP contribution in [0.5, 0.6) is 0 Å². The van der Waals surface area contributed by atoms with Gasteiger partial charge in [0.15, 0.2) is 10.00 Å². The number of likely N-dealkylation sites (tertiary alicyclic amines) is 1. The molecule has 0 bridgehead atoms. The summed E-state index contributed by atoms with van der Waals surface area (Å²) in [6.45, 7) is 2.38. The fourth-order valence-corrected chi connectivity index (χ4v) is 5.19. The van der Waals surface area contributed by atoms with Gasteiger partial charge in [0.25, 0.3) is 11.8 Å². The Labute approximate surface area is 204 Å². The molecule has 4 rings (SSSR count). The molecule has 3 amide bonds. The number of aromatic nitrogens is 2. The summed E-state index contributed by atoms with van der Waals surface area (Å²) in [5, 5.41) is 8.83. The first kappa shape index (κ1) is 24.1. The van der Waals surface area contributed by atoms with Crippen LogP contribution in [0.3, 0.4) is 0 Å². The summed E-state index contributed by atoms with van der Waals surface area (Å²) in [6, 6.07) is 1.64. The maximum atomic E-state index is 13.0. The number of pyridine rings is 1. The van der Waals surface area contributed by atoms with Crippen LogP contribution >= 0.6 is 23.6 Å². The Bertz CT molecular complexity index is 1090. The van der Waals surface area contributed by atoms with Crippen LogP contribution in [0.25, 0.3) is 0 Å². The number of thiocarbonyl (C=S) groups is 1. The maximum absolute atomic E-state index is 13.0. The number of thiazole rings is 1. The molecule has 2 aliphatic rings. The van der Waals surface area contributed by atoms with E-state index in [0.717, 1.165) is 42.7 Å². The summed E-state index contributed by atoms with van der Waals surface area (Å²) in [4.78, 5) is 49.8. The van der Waals surface area contributed by atoms with Crippen molar-refractivity contribution < 1.29 is 18.8 Å². The fraction of sp³-hybridized carbons (Fsp3) is 0.429. The molecule has 2 aromatic rings. The number of rotatable bonds is 5. The number of hydrogen-bond acceptors (Lipinski definition) is 8. The number of carbonyl (C=O) groups excluding carboxylic acids is 3. The van der Waals surface area contributed by atoms with Gasteiger partial charge in [0.2, 0.25) is 6.41 Å². The SMILES string of the molecule is CN1CCc2nc(C(=O)N[C@@H]3CN(C=O)CC[C@@H]3NC(=S)C(=O)Nc3ccc(F)cn3)sc2C1. The van der Waals surface area contributed by atoms with E-state index in [1.54, 1.807) is 4.90 Å². The van der Waals surface area contributed by atoms with Crippen molar-refractivity contribution in [3.05, 3.63) is 39.7 Å². The summed E-state index contributed by atoms with van der Waals surface area (Å²) in [5.41, 5.74) is 0.952. The highest BCUT2D eigenvalue weighted by Gasteiger charge is 2.33. The highest BCUT2D eigenvalue weighted by atomic mass is 32.1. The lowest BCUT2D eigenvalue weighted by atomic mass is 9.99. The monoisotopic (exact) mass is 505 g/mol. The maximum Gasteiger partial charge on any atom is 0.284 e. The van der Waals surface area contributed by atoms with Crippen LogP contribution in [-0.4, -0.2) is 81.7 Å². The van der Waals surface area contributed by atoms with Crippen LogP contribution in [0, 0.1) is 5.82 Å². The summed E-state index contributed by atoms with van der Waals surface area (Å²) >= 11 is 6.61. The molecule has 2 aromatic heterocycles. The number of amides is 3. The van der Waals surface area contributed by atoms with Crippen molar-refractivity contribution in [2.45, 2.75) is 31.5 Å². The number of nitrogens with one attached hydrogen (secondary N) is 3. The number of carbonyl (C=O) groups is 3. The van der Waals surface area contributed by atoms with Gasteiger partial charge in [-0.15, -0.1) is 11.3 Å². The molecular formula is C21H24FN7O3S2. The minimum absolute atomic E-state index is 0.0947. The topological polar surface area (TPSA) is 120 Å². The number of piperidine rings is 1. The predicted octanol–water partition coefficient (Wildman–Crippen LogP) is 0.550. The Kier molecular flexibility index (Phi) is 7.44. The van der Waals surface area contributed by atoms with Gasteiger partial charge in [-0.1, -0.05) is 12.2 Å². The average molecular weight is 506 g/mol. The number of anilines is 1. The molecular weight excluding hydrogens is 481 g/mol. The first-order valence-corrected chi connectivity index (χ1v) is 12.0. The largest absolute Gasteiger partial charge is 0.367 e. The molecule has 1 fully saturated rings. The lowest BCUT2D eigenvalue weighted by Crippen LogP contribution is -2.61. The van der Waals surface area contributed by atoms with Crippen molar-refractivity contribution in [1.82, 2.24) is 30.4 Å². The van der Waals surface area contributed by atoms with Crippen LogP contribution < -0.4 is 16.0 Å². The first-order valence-electron chi connectivity index (χ1n) is 10.7. The fourth-order valence-electron chi connectivity index (χ4n) is 3.90. The van der Waals surface area contributed by atoms with Gasteiger partial charge in [-0.25, -0.2) is 14.4 Å². The summed E-state index contributed by atoms with van der Waals surface area (Å²) in [5.74, 6) is -1.28. The Morgan fingerprint density at radius 2 is 2.09 bits per heavy atom. The van der Waals surface area contributed by atoms with E-state index in [-0.39, 0.29) is 29.3 Å². The second-order valence-electron chi connectivity index (χ2n) is 8.24. The minimum Gasteiger partial charge on any atom is -0.367 e. The summed E-state index contributed by atoms with van der Waals surface area (Å²) < 4.78 is 13.0. The Hall–Kier alpha value is -3.03. The van der Waals surface area contributed by atoms with Crippen LogP contribution in [0.15, 0.2) is 18.3 Å². The summed E-state index contributed by atoms with van der Waals surface area (Å²) in [7, 11) is 2.03. The zero-order valence-electron chi connectivity index (χ0n) is 18.4. The van der Waals surface area contributed by atoms with Crippen molar-refractivity contribution in [3.63, 3.8) is 0 Å². The third-order valence-electron chi connectivity index (χ3n) is 5.72. The van der Waals surface area contributed by atoms with E-state index >= 15 is 0 Å². The molecule has 0 aromatic carbocycles. The first-order chi connectivity index (χ1) is 16.3. The van der Waals surface area contributed by atoms with Crippen molar-refractivity contribution in [3.8, 4) is 0 Å². The normalized spacial score (nSPS) is 20.2. The Morgan fingerprint density at radius 1 is 1.26 bits per heavy atom. The number of nitrogens with zero attached hydrogens (tertiary/aromatic N) is 4. The highest BCUT2D eigenvalue weighted by molar-refractivity contribution is 7.82. The molecule has 0 saturated carbocycles. The van der Waals surface area contributed by atoms with Gasteiger partial charge in [-0.3, -0.25) is 14.4 Å². The minimum atomic E-state index is -0.603. The van der Waals surface area contributed by atoms with Crippen LogP contribution in [0.2, 0.25) is 0 Å². The third-order valence-corrected chi connectivity index (χ3v) is 7.10. The molecule has 13 heteroatoms. The quantitative estimate of drug-likeness (QED) is 0.398. The molecule has 1 saturated heterocycles. The summed E-state index contributed by atoms with van der Waals surface area (Å²) in [6.07, 6.45) is 3.00.